The molecular weight excluding hydrogens is 242 g/mol. The maximum absolute atomic E-state index is 12.8. The SMILES string of the molecule is NCC1CCCC1C(=O)C1CCOC2(CCOC2)C1. The molecule has 2 aliphatic heterocycles. The molecule has 3 rings (SSSR count). The van der Waals surface area contributed by atoms with E-state index in [0.717, 1.165) is 45.1 Å². The average molecular weight is 267 g/mol. The summed E-state index contributed by atoms with van der Waals surface area (Å²) in [6.45, 7) is 2.81. The minimum atomic E-state index is -0.157. The number of carbonyl (C=O) groups excluding carboxylic acids is 1. The molecule has 0 aromatic rings. The summed E-state index contributed by atoms with van der Waals surface area (Å²) < 4.78 is 11.4. The van der Waals surface area contributed by atoms with Gasteiger partial charge in [0.1, 0.15) is 5.78 Å². The van der Waals surface area contributed by atoms with Crippen LogP contribution in [0.25, 0.3) is 0 Å². The first-order valence-corrected chi connectivity index (χ1v) is 7.70. The van der Waals surface area contributed by atoms with E-state index in [2.05, 4.69) is 0 Å². The Morgan fingerprint density at radius 1 is 1.26 bits per heavy atom. The number of carbonyl (C=O) groups is 1. The molecule has 19 heavy (non-hydrogen) atoms. The molecule has 0 radical (unpaired) electrons. The summed E-state index contributed by atoms with van der Waals surface area (Å²) >= 11 is 0. The third kappa shape index (κ3) is 2.58. The van der Waals surface area contributed by atoms with Crippen LogP contribution < -0.4 is 5.73 Å². The van der Waals surface area contributed by atoms with Crippen molar-refractivity contribution >= 4 is 5.78 Å². The van der Waals surface area contributed by atoms with E-state index in [1.807, 2.05) is 0 Å². The highest BCUT2D eigenvalue weighted by Crippen LogP contribution is 2.40. The molecule has 4 unspecified atom stereocenters. The Hall–Kier alpha value is -0.450. The van der Waals surface area contributed by atoms with E-state index < -0.39 is 0 Å². The van der Waals surface area contributed by atoms with Crippen LogP contribution in [0.15, 0.2) is 0 Å². The van der Waals surface area contributed by atoms with Gasteiger partial charge in [-0.15, -0.1) is 0 Å². The van der Waals surface area contributed by atoms with Gasteiger partial charge >= 0.3 is 0 Å². The lowest BCUT2D eigenvalue weighted by Gasteiger charge is -2.37. The lowest BCUT2D eigenvalue weighted by Crippen LogP contribution is -2.44. The van der Waals surface area contributed by atoms with Crippen molar-refractivity contribution in [2.75, 3.05) is 26.4 Å². The quantitative estimate of drug-likeness (QED) is 0.842. The van der Waals surface area contributed by atoms with Gasteiger partial charge in [0.15, 0.2) is 0 Å². The van der Waals surface area contributed by atoms with Crippen molar-refractivity contribution in [3.8, 4) is 0 Å². The fraction of sp³-hybridized carbons (Fsp3) is 0.933. The first-order chi connectivity index (χ1) is 9.24. The summed E-state index contributed by atoms with van der Waals surface area (Å²) in [4.78, 5) is 12.8. The van der Waals surface area contributed by atoms with E-state index in [1.165, 1.54) is 0 Å². The fourth-order valence-corrected chi connectivity index (χ4v) is 4.13. The normalized spacial score (nSPS) is 42.9. The van der Waals surface area contributed by atoms with Crippen LogP contribution in [0.3, 0.4) is 0 Å². The maximum atomic E-state index is 12.8. The molecule has 4 atom stereocenters. The van der Waals surface area contributed by atoms with Gasteiger partial charge in [0.25, 0.3) is 0 Å². The van der Waals surface area contributed by atoms with E-state index in [9.17, 15) is 4.79 Å². The number of ketones is 1. The van der Waals surface area contributed by atoms with Crippen LogP contribution in [-0.2, 0) is 14.3 Å². The molecule has 0 amide bonds. The molecule has 0 bridgehead atoms. The summed E-state index contributed by atoms with van der Waals surface area (Å²) in [5.41, 5.74) is 5.65. The third-order valence-corrected chi connectivity index (χ3v) is 5.29. The Bertz CT molecular complexity index is 338. The van der Waals surface area contributed by atoms with Gasteiger partial charge in [-0.1, -0.05) is 6.42 Å². The van der Waals surface area contributed by atoms with Crippen molar-refractivity contribution in [1.82, 2.24) is 0 Å². The Morgan fingerprint density at radius 2 is 2.16 bits per heavy atom. The molecule has 2 N–H and O–H groups in total. The molecule has 4 nitrogen and oxygen atoms in total. The molecule has 0 aromatic heterocycles. The summed E-state index contributed by atoms with van der Waals surface area (Å²) in [6, 6.07) is 0. The number of rotatable bonds is 3. The average Bonchev–Trinajstić information content (AvgIpc) is 3.07. The highest BCUT2D eigenvalue weighted by Gasteiger charge is 2.45. The van der Waals surface area contributed by atoms with Crippen LogP contribution in [0, 0.1) is 17.8 Å². The van der Waals surface area contributed by atoms with E-state index in [1.54, 1.807) is 0 Å². The van der Waals surface area contributed by atoms with Crippen molar-refractivity contribution < 1.29 is 14.3 Å². The second kappa shape index (κ2) is 5.51. The van der Waals surface area contributed by atoms with Gasteiger partial charge in [-0.3, -0.25) is 4.79 Å². The van der Waals surface area contributed by atoms with Crippen molar-refractivity contribution in [2.24, 2.45) is 23.5 Å². The number of ether oxygens (including phenoxy) is 2. The van der Waals surface area contributed by atoms with Crippen molar-refractivity contribution in [2.45, 2.75) is 44.1 Å². The first kappa shape index (κ1) is 13.5. The molecule has 1 saturated carbocycles. The van der Waals surface area contributed by atoms with Gasteiger partial charge in [-0.2, -0.15) is 0 Å². The molecule has 2 heterocycles. The molecule has 2 saturated heterocycles. The minimum absolute atomic E-state index is 0.157. The van der Waals surface area contributed by atoms with Crippen molar-refractivity contribution in [1.29, 1.82) is 0 Å². The highest BCUT2D eigenvalue weighted by molar-refractivity contribution is 5.84. The zero-order chi connectivity index (χ0) is 13.3. The molecule has 3 aliphatic rings. The van der Waals surface area contributed by atoms with Gasteiger partial charge in [0.05, 0.1) is 12.2 Å². The van der Waals surface area contributed by atoms with E-state index in [4.69, 9.17) is 15.2 Å². The van der Waals surface area contributed by atoms with E-state index >= 15 is 0 Å². The maximum Gasteiger partial charge on any atom is 0.139 e. The summed E-state index contributed by atoms with van der Waals surface area (Å²) in [7, 11) is 0. The van der Waals surface area contributed by atoms with Crippen molar-refractivity contribution in [3.63, 3.8) is 0 Å². The number of Topliss-reactive ketones (excluding diaryl/α,β-unsaturated/α-hetero) is 1. The molecule has 1 aliphatic carbocycles. The topological polar surface area (TPSA) is 61.6 Å². The Balaban J connectivity index is 1.66. The highest BCUT2D eigenvalue weighted by atomic mass is 16.6. The molecule has 3 fully saturated rings. The lowest BCUT2D eigenvalue weighted by atomic mass is 9.77. The molecule has 0 aromatic carbocycles. The van der Waals surface area contributed by atoms with Crippen LogP contribution in [-0.4, -0.2) is 37.7 Å². The Morgan fingerprint density at radius 3 is 2.89 bits per heavy atom. The molecule has 1 spiro atoms. The standard InChI is InChI=1S/C15H25NO3/c16-9-12-2-1-3-13(12)14(17)11-4-6-19-15(8-11)5-7-18-10-15/h11-13H,1-10,16H2. The largest absolute Gasteiger partial charge is 0.378 e. The molecule has 108 valence electrons. The zero-order valence-corrected chi connectivity index (χ0v) is 11.6. The van der Waals surface area contributed by atoms with Crippen molar-refractivity contribution in [3.05, 3.63) is 0 Å². The fourth-order valence-electron chi connectivity index (χ4n) is 4.13. The van der Waals surface area contributed by atoms with Gasteiger partial charge in [0, 0.05) is 31.5 Å². The van der Waals surface area contributed by atoms with E-state index in [0.29, 0.717) is 31.5 Å². The second-order valence-electron chi connectivity index (χ2n) is 6.46. The van der Waals surface area contributed by atoms with E-state index in [-0.39, 0.29) is 17.4 Å². The van der Waals surface area contributed by atoms with Gasteiger partial charge in [-0.05, 0) is 38.1 Å². The summed E-state index contributed by atoms with van der Waals surface area (Å²) in [6.07, 6.45) is 6.03. The Labute approximate surface area is 115 Å². The molecule has 4 heteroatoms. The monoisotopic (exact) mass is 267 g/mol. The molecular formula is C15H25NO3. The van der Waals surface area contributed by atoms with Crippen LogP contribution in [0.5, 0.6) is 0 Å². The van der Waals surface area contributed by atoms with Crippen LogP contribution in [0.4, 0.5) is 0 Å². The number of nitrogens with two attached hydrogens (primary N) is 1. The lowest BCUT2D eigenvalue weighted by molar-refractivity contribution is -0.141. The number of hydrogen-bond acceptors (Lipinski definition) is 4. The van der Waals surface area contributed by atoms with Gasteiger partial charge < -0.3 is 15.2 Å². The van der Waals surface area contributed by atoms with Gasteiger partial charge in [-0.25, -0.2) is 0 Å². The first-order valence-electron chi connectivity index (χ1n) is 7.70. The third-order valence-electron chi connectivity index (χ3n) is 5.29. The zero-order valence-electron chi connectivity index (χ0n) is 11.6. The van der Waals surface area contributed by atoms with Crippen LogP contribution >= 0.6 is 0 Å². The minimum Gasteiger partial charge on any atom is -0.378 e. The van der Waals surface area contributed by atoms with Crippen LogP contribution in [0.2, 0.25) is 0 Å². The predicted octanol–water partition coefficient (Wildman–Crippen LogP) is 1.52. The summed E-state index contributed by atoms with van der Waals surface area (Å²) in [5, 5.41) is 0. The predicted molar refractivity (Wildman–Crippen MR) is 71.7 cm³/mol. The second-order valence-corrected chi connectivity index (χ2v) is 6.46. The van der Waals surface area contributed by atoms with Gasteiger partial charge in [0.2, 0.25) is 0 Å². The summed E-state index contributed by atoms with van der Waals surface area (Å²) in [5.74, 6) is 1.27. The number of hydrogen-bond donors (Lipinski definition) is 1. The Kier molecular flexibility index (Phi) is 3.92. The van der Waals surface area contributed by atoms with Crippen LogP contribution in [0.1, 0.15) is 38.5 Å². The smallest absolute Gasteiger partial charge is 0.139 e.